The Kier molecular flexibility index (Phi) is 8.40. The molecule has 11 heteroatoms. The third kappa shape index (κ3) is 6.20. The second-order valence-corrected chi connectivity index (χ2v) is 12.5. The first-order valence-corrected chi connectivity index (χ1v) is 16.0. The lowest BCUT2D eigenvalue weighted by Crippen LogP contribution is -2.38. The molecule has 10 nitrogen and oxygen atoms in total. The largest absolute Gasteiger partial charge is 0.478 e. The Labute approximate surface area is 254 Å². The Hall–Kier alpha value is -4.61. The molecule has 0 radical (unpaired) electrons. The van der Waals surface area contributed by atoms with Gasteiger partial charge in [-0.15, -0.1) is 0 Å². The van der Waals surface area contributed by atoms with Crippen molar-refractivity contribution < 1.29 is 22.5 Å². The summed E-state index contributed by atoms with van der Waals surface area (Å²) in [6.07, 6.45) is 14.5. The topological polar surface area (TPSA) is 143 Å². The number of allylic oxidation sites excluding steroid dienone is 2. The first kappa shape index (κ1) is 29.5. The number of hydrogen-bond donors (Lipinski definition) is 1. The molecule has 2 unspecified atom stereocenters. The number of nitrogens with zero attached hydrogens (tertiary/aromatic N) is 5. The minimum Gasteiger partial charge on any atom is -0.478 e. The second kappa shape index (κ2) is 12.6. The van der Waals surface area contributed by atoms with Crippen molar-refractivity contribution in [3.8, 4) is 5.88 Å². The highest BCUT2D eigenvalue weighted by atomic mass is 32.2. The number of unbranched alkanes of at least 4 members (excludes halogenated alkanes) is 1. The molecular weight excluding hydrogens is 578 g/mol. The van der Waals surface area contributed by atoms with Gasteiger partial charge in [0.2, 0.25) is 5.88 Å². The zero-order chi connectivity index (χ0) is 30.7. The van der Waals surface area contributed by atoms with Crippen molar-refractivity contribution in [2.75, 3.05) is 6.61 Å². The number of carbonyl (C=O) groups excluding carboxylic acids is 1. The van der Waals surface area contributed by atoms with E-state index in [2.05, 4.69) is 68.3 Å². The first-order chi connectivity index (χ1) is 21.3. The molecule has 2 aliphatic heterocycles. The number of pyridine rings is 1. The fraction of sp³-hybridized carbons (Fsp3) is 0.273. The van der Waals surface area contributed by atoms with Gasteiger partial charge in [0.05, 0.1) is 11.9 Å². The number of rotatable bonds is 7. The predicted octanol–water partition coefficient (Wildman–Crippen LogP) is 3.19. The van der Waals surface area contributed by atoms with Crippen LogP contribution in [0.25, 0.3) is 22.9 Å². The van der Waals surface area contributed by atoms with Crippen molar-refractivity contribution >= 4 is 63.2 Å². The van der Waals surface area contributed by atoms with Crippen molar-refractivity contribution in [1.29, 1.82) is 0 Å². The molecule has 0 fully saturated rings. The van der Waals surface area contributed by atoms with Crippen LogP contribution in [0.3, 0.4) is 0 Å². The number of aromatic nitrogens is 1. The Balaban J connectivity index is 0.000000289. The zero-order valence-electron chi connectivity index (χ0n) is 24.1. The number of hydrogen-bond acceptors (Lipinski definition) is 8. The summed E-state index contributed by atoms with van der Waals surface area (Å²) < 4.78 is 40.6. The summed E-state index contributed by atoms with van der Waals surface area (Å²) >= 11 is 0. The maximum atomic E-state index is 12.4. The Bertz CT molecular complexity index is 2020. The predicted molar refractivity (Wildman–Crippen MR) is 173 cm³/mol. The number of aliphatic imine (C=N–C) groups is 4. The molecule has 2 atom stereocenters. The van der Waals surface area contributed by atoms with Crippen LogP contribution >= 0.6 is 0 Å². The van der Waals surface area contributed by atoms with Crippen molar-refractivity contribution in [3.63, 3.8) is 0 Å². The molecule has 0 saturated heterocycles. The molecule has 3 heterocycles. The number of ether oxygens (including phenoxy) is 1. The SMILES string of the molecule is CCCCOc1cccc(CC2C=c3c(ccc4c5c(ccc34)CC=CC=5)CC2S(=O)(=O)O)n1.O=C1N=CN=C2N=CN=C12. The lowest BCUT2D eigenvalue weighted by molar-refractivity contribution is -0.111. The lowest BCUT2D eigenvalue weighted by atomic mass is 9.85. The van der Waals surface area contributed by atoms with E-state index >= 15 is 0 Å². The van der Waals surface area contributed by atoms with Crippen molar-refractivity contribution in [3.05, 3.63) is 81.9 Å². The first-order valence-electron chi connectivity index (χ1n) is 14.5. The Morgan fingerprint density at radius 1 is 0.977 bits per heavy atom. The highest BCUT2D eigenvalue weighted by Crippen LogP contribution is 2.27. The lowest BCUT2D eigenvalue weighted by Gasteiger charge is -2.27. The molecule has 0 saturated carbocycles. The van der Waals surface area contributed by atoms with E-state index in [9.17, 15) is 17.8 Å². The third-order valence-electron chi connectivity index (χ3n) is 7.97. The summed E-state index contributed by atoms with van der Waals surface area (Å²) in [6, 6.07) is 14.0. The van der Waals surface area contributed by atoms with E-state index in [0.717, 1.165) is 41.1 Å². The van der Waals surface area contributed by atoms with Gasteiger partial charge in [0.25, 0.3) is 10.1 Å². The fourth-order valence-corrected chi connectivity index (χ4v) is 6.78. The highest BCUT2D eigenvalue weighted by Gasteiger charge is 2.34. The molecule has 224 valence electrons. The number of carbonyl (C=O) groups is 1. The molecule has 0 bridgehead atoms. The van der Waals surface area contributed by atoms with E-state index in [1.54, 1.807) is 0 Å². The minimum absolute atomic E-state index is 0.238. The Morgan fingerprint density at radius 2 is 1.77 bits per heavy atom. The van der Waals surface area contributed by atoms with Gasteiger partial charge in [-0.05, 0) is 64.1 Å². The summed E-state index contributed by atoms with van der Waals surface area (Å²) in [6.45, 7) is 2.71. The van der Waals surface area contributed by atoms with Crippen LogP contribution in [0.1, 0.15) is 36.6 Å². The van der Waals surface area contributed by atoms with E-state index in [1.165, 1.54) is 28.8 Å². The van der Waals surface area contributed by atoms with Crippen LogP contribution < -0.4 is 15.2 Å². The molecule has 3 aromatic rings. The molecule has 1 amide bonds. The quantitative estimate of drug-likeness (QED) is 0.322. The molecule has 44 heavy (non-hydrogen) atoms. The van der Waals surface area contributed by atoms with Gasteiger partial charge in [0.15, 0.2) is 11.5 Å². The van der Waals surface area contributed by atoms with E-state index < -0.39 is 21.3 Å². The van der Waals surface area contributed by atoms with Crippen LogP contribution in [0.4, 0.5) is 0 Å². The van der Waals surface area contributed by atoms with Gasteiger partial charge in [0, 0.05) is 17.7 Å². The van der Waals surface area contributed by atoms with Crippen LogP contribution in [-0.2, 0) is 34.2 Å². The smallest absolute Gasteiger partial charge is 0.301 e. The van der Waals surface area contributed by atoms with Crippen LogP contribution in [0.15, 0.2) is 74.6 Å². The van der Waals surface area contributed by atoms with E-state index in [-0.39, 0.29) is 18.0 Å². The molecule has 1 aromatic heterocycles. The van der Waals surface area contributed by atoms with Gasteiger partial charge >= 0.3 is 5.91 Å². The van der Waals surface area contributed by atoms with Crippen LogP contribution in [0.5, 0.6) is 5.88 Å². The van der Waals surface area contributed by atoms with Crippen LogP contribution in [0, 0.1) is 5.92 Å². The van der Waals surface area contributed by atoms with E-state index in [0.29, 0.717) is 24.7 Å². The van der Waals surface area contributed by atoms with Gasteiger partial charge in [-0.1, -0.05) is 68.0 Å². The molecule has 0 spiro atoms. The normalized spacial score (nSPS) is 19.5. The molecule has 2 aromatic carbocycles. The van der Waals surface area contributed by atoms with Gasteiger partial charge in [-0.3, -0.25) is 9.35 Å². The van der Waals surface area contributed by atoms with Gasteiger partial charge in [-0.2, -0.15) is 13.4 Å². The molecule has 7 rings (SSSR count). The monoisotopic (exact) mass is 609 g/mol. The number of benzene rings is 2. The third-order valence-corrected chi connectivity index (χ3v) is 9.26. The van der Waals surface area contributed by atoms with Crippen LogP contribution in [0.2, 0.25) is 0 Å². The van der Waals surface area contributed by atoms with Gasteiger partial charge in [-0.25, -0.2) is 20.0 Å². The molecule has 2 aliphatic carbocycles. The maximum absolute atomic E-state index is 12.4. The zero-order valence-corrected chi connectivity index (χ0v) is 24.9. The van der Waals surface area contributed by atoms with Crippen molar-refractivity contribution in [2.24, 2.45) is 25.9 Å². The number of fused-ring (bicyclic) bond motifs is 6. The molecule has 1 N–H and O–H groups in total. The van der Waals surface area contributed by atoms with Crippen molar-refractivity contribution in [1.82, 2.24) is 4.98 Å². The van der Waals surface area contributed by atoms with Gasteiger partial charge < -0.3 is 4.74 Å². The standard InChI is InChI=1S/C28H29NO4S.C5H2N4O/c1-2-3-15-33-28-10-6-8-22(29-28)16-21-17-26-20(18-27(21)34(30,31)32)12-14-24-23-9-5-4-7-19(23)11-13-25(24)26;10-5-3-4(7-1-6-3)8-2-9-5/h4-6,8-14,17,21,27H,2-3,7,15-16,18H2,1H3,(H,30,31,32);1-2H. The Morgan fingerprint density at radius 3 is 2.57 bits per heavy atom. The van der Waals surface area contributed by atoms with Gasteiger partial charge in [0.1, 0.15) is 12.7 Å². The summed E-state index contributed by atoms with van der Waals surface area (Å²) in [5, 5.41) is 3.67. The summed E-state index contributed by atoms with van der Waals surface area (Å²) in [5.74, 6) is 0.139. The summed E-state index contributed by atoms with van der Waals surface area (Å²) in [4.78, 5) is 29.9. The highest BCUT2D eigenvalue weighted by molar-refractivity contribution is 7.86. The summed E-state index contributed by atoms with van der Waals surface area (Å²) in [5.41, 5.74) is 3.23. The maximum Gasteiger partial charge on any atom is 0.301 e. The number of amides is 1. The average molecular weight is 610 g/mol. The molecule has 4 aliphatic rings. The molecular formula is C33H31N5O5S. The summed E-state index contributed by atoms with van der Waals surface area (Å²) in [7, 11) is -4.24. The van der Waals surface area contributed by atoms with E-state index in [1.807, 2.05) is 30.3 Å². The number of amidine groups is 1. The minimum atomic E-state index is -4.24. The average Bonchev–Trinajstić information content (AvgIpc) is 3.51. The van der Waals surface area contributed by atoms with Crippen LogP contribution in [-0.4, -0.2) is 59.9 Å². The van der Waals surface area contributed by atoms with E-state index in [4.69, 9.17) is 4.74 Å². The fourth-order valence-electron chi connectivity index (χ4n) is 5.77. The second-order valence-electron chi connectivity index (χ2n) is 10.9. The van der Waals surface area contributed by atoms with Crippen molar-refractivity contribution in [2.45, 2.75) is 44.3 Å².